The summed E-state index contributed by atoms with van der Waals surface area (Å²) in [5.41, 5.74) is 0. The van der Waals surface area contributed by atoms with Gasteiger partial charge in [0.25, 0.3) is 0 Å². The zero-order chi connectivity index (χ0) is 12.8. The molecule has 0 saturated carbocycles. The van der Waals surface area contributed by atoms with Crippen molar-refractivity contribution in [3.05, 3.63) is 45.5 Å². The van der Waals surface area contributed by atoms with E-state index < -0.39 is 0 Å². The highest BCUT2D eigenvalue weighted by Crippen LogP contribution is 2.20. The highest BCUT2D eigenvalue weighted by atomic mass is 35.5. The van der Waals surface area contributed by atoms with E-state index in [1.165, 1.54) is 4.88 Å². The lowest BCUT2D eigenvalue weighted by atomic mass is 10.4. The van der Waals surface area contributed by atoms with Gasteiger partial charge < -0.3 is 15.1 Å². The summed E-state index contributed by atoms with van der Waals surface area (Å²) in [6, 6.07) is 7.67. The maximum Gasteiger partial charge on any atom is 0.191 e. The second-order valence-corrected chi connectivity index (χ2v) is 5.36. The maximum absolute atomic E-state index is 5.87. The van der Waals surface area contributed by atoms with Crippen molar-refractivity contribution in [2.24, 2.45) is 4.99 Å². The Morgan fingerprint density at radius 1 is 1.33 bits per heavy atom. The quantitative estimate of drug-likeness (QED) is 0.670. The maximum atomic E-state index is 5.87. The van der Waals surface area contributed by atoms with Gasteiger partial charge in [-0.15, -0.1) is 11.3 Å². The summed E-state index contributed by atoms with van der Waals surface area (Å²) < 4.78 is 6.03. The van der Waals surface area contributed by atoms with Crippen LogP contribution in [0.2, 0.25) is 4.34 Å². The first kappa shape index (κ1) is 13.0. The molecule has 96 valence electrons. The lowest BCUT2D eigenvalue weighted by Gasteiger charge is -2.09. The van der Waals surface area contributed by atoms with Crippen LogP contribution in [-0.4, -0.2) is 13.0 Å². The summed E-state index contributed by atoms with van der Waals surface area (Å²) in [5.74, 6) is 1.60. The van der Waals surface area contributed by atoms with Gasteiger partial charge in [-0.2, -0.15) is 0 Å². The Morgan fingerprint density at radius 2 is 2.17 bits per heavy atom. The Labute approximate surface area is 115 Å². The smallest absolute Gasteiger partial charge is 0.191 e. The van der Waals surface area contributed by atoms with Crippen LogP contribution in [0, 0.1) is 0 Å². The molecule has 0 radical (unpaired) electrons. The van der Waals surface area contributed by atoms with Crippen LogP contribution in [-0.2, 0) is 13.1 Å². The van der Waals surface area contributed by atoms with Gasteiger partial charge in [0.1, 0.15) is 5.76 Å². The monoisotopic (exact) mass is 283 g/mol. The Morgan fingerprint density at radius 3 is 2.78 bits per heavy atom. The lowest BCUT2D eigenvalue weighted by Crippen LogP contribution is -2.36. The molecule has 0 aliphatic carbocycles. The van der Waals surface area contributed by atoms with E-state index in [0.717, 1.165) is 16.1 Å². The van der Waals surface area contributed by atoms with Crippen molar-refractivity contribution in [2.75, 3.05) is 7.05 Å². The minimum atomic E-state index is 0.609. The second-order valence-electron chi connectivity index (χ2n) is 3.56. The van der Waals surface area contributed by atoms with E-state index in [1.54, 1.807) is 24.6 Å². The summed E-state index contributed by atoms with van der Waals surface area (Å²) in [6.07, 6.45) is 1.65. The third-order valence-corrected chi connectivity index (χ3v) is 3.52. The van der Waals surface area contributed by atoms with Crippen molar-refractivity contribution in [3.8, 4) is 0 Å². The van der Waals surface area contributed by atoms with Crippen LogP contribution in [0.5, 0.6) is 0 Å². The Bertz CT molecular complexity index is 507. The number of rotatable bonds is 4. The summed E-state index contributed by atoms with van der Waals surface area (Å²) >= 11 is 7.43. The van der Waals surface area contributed by atoms with Gasteiger partial charge in [-0.1, -0.05) is 11.6 Å². The molecular formula is C12H14ClN3OS. The molecule has 0 atom stereocenters. The lowest BCUT2D eigenvalue weighted by molar-refractivity contribution is 0.501. The molecule has 0 saturated heterocycles. The van der Waals surface area contributed by atoms with Crippen molar-refractivity contribution >= 4 is 28.9 Å². The zero-order valence-electron chi connectivity index (χ0n) is 9.94. The van der Waals surface area contributed by atoms with E-state index in [-0.39, 0.29) is 0 Å². The van der Waals surface area contributed by atoms with Crippen LogP contribution < -0.4 is 10.6 Å². The molecule has 0 unspecified atom stereocenters. The summed E-state index contributed by atoms with van der Waals surface area (Å²) in [7, 11) is 1.73. The fraction of sp³-hybridized carbons (Fsp3) is 0.250. The summed E-state index contributed by atoms with van der Waals surface area (Å²) in [4.78, 5) is 5.30. The Balaban J connectivity index is 1.79. The van der Waals surface area contributed by atoms with E-state index in [9.17, 15) is 0 Å². The van der Waals surface area contributed by atoms with E-state index in [4.69, 9.17) is 16.0 Å². The van der Waals surface area contributed by atoms with Crippen LogP contribution >= 0.6 is 22.9 Å². The third-order valence-electron chi connectivity index (χ3n) is 2.29. The highest BCUT2D eigenvalue weighted by Gasteiger charge is 2.02. The molecule has 4 nitrogen and oxygen atoms in total. The topological polar surface area (TPSA) is 49.6 Å². The first-order valence-corrected chi connectivity index (χ1v) is 6.68. The molecule has 2 rings (SSSR count). The fourth-order valence-electron chi connectivity index (χ4n) is 1.42. The van der Waals surface area contributed by atoms with Gasteiger partial charge in [0.2, 0.25) is 0 Å². The Kier molecular flexibility index (Phi) is 4.66. The van der Waals surface area contributed by atoms with Crippen molar-refractivity contribution in [3.63, 3.8) is 0 Å². The van der Waals surface area contributed by atoms with E-state index in [1.807, 2.05) is 24.3 Å². The van der Waals surface area contributed by atoms with Gasteiger partial charge in [-0.3, -0.25) is 4.99 Å². The first-order chi connectivity index (χ1) is 8.78. The van der Waals surface area contributed by atoms with E-state index >= 15 is 0 Å². The van der Waals surface area contributed by atoms with Gasteiger partial charge in [-0.25, -0.2) is 0 Å². The number of nitrogens with zero attached hydrogens (tertiary/aromatic N) is 1. The predicted octanol–water partition coefficient (Wildman–Crippen LogP) is 2.86. The minimum Gasteiger partial charge on any atom is -0.467 e. The fourth-order valence-corrected chi connectivity index (χ4v) is 2.45. The standard InChI is InChI=1S/C12H14ClN3OS/c1-14-12(15-7-9-3-2-6-17-9)16-8-10-4-5-11(13)18-10/h2-6H,7-8H2,1H3,(H2,14,15,16). The van der Waals surface area contributed by atoms with E-state index in [0.29, 0.717) is 13.1 Å². The predicted molar refractivity (Wildman–Crippen MR) is 75.1 cm³/mol. The summed E-state index contributed by atoms with van der Waals surface area (Å²) in [5, 5.41) is 6.38. The highest BCUT2D eigenvalue weighted by molar-refractivity contribution is 7.16. The van der Waals surface area contributed by atoms with Crippen LogP contribution in [0.4, 0.5) is 0 Å². The third kappa shape index (κ3) is 3.78. The number of thiophene rings is 1. The zero-order valence-corrected chi connectivity index (χ0v) is 11.5. The number of halogens is 1. The number of furan rings is 1. The normalized spacial score (nSPS) is 11.6. The average molecular weight is 284 g/mol. The molecule has 0 aromatic carbocycles. The number of guanidine groups is 1. The molecule has 0 fully saturated rings. The van der Waals surface area contributed by atoms with E-state index in [2.05, 4.69) is 15.6 Å². The molecule has 0 bridgehead atoms. The molecule has 6 heteroatoms. The molecule has 2 aromatic rings. The molecule has 0 aliphatic heterocycles. The van der Waals surface area contributed by atoms with Crippen molar-refractivity contribution < 1.29 is 4.42 Å². The van der Waals surface area contributed by atoms with Crippen LogP contribution in [0.15, 0.2) is 39.9 Å². The average Bonchev–Trinajstić information content (AvgIpc) is 3.01. The van der Waals surface area contributed by atoms with Gasteiger partial charge in [0.15, 0.2) is 5.96 Å². The van der Waals surface area contributed by atoms with Crippen LogP contribution in [0.25, 0.3) is 0 Å². The number of hydrogen-bond acceptors (Lipinski definition) is 3. The number of aliphatic imine (C=N–C) groups is 1. The largest absolute Gasteiger partial charge is 0.467 e. The first-order valence-electron chi connectivity index (χ1n) is 5.49. The molecule has 2 N–H and O–H groups in total. The molecule has 18 heavy (non-hydrogen) atoms. The van der Waals surface area contributed by atoms with Gasteiger partial charge in [0, 0.05) is 11.9 Å². The molecule has 0 amide bonds. The van der Waals surface area contributed by atoms with Crippen molar-refractivity contribution in [1.82, 2.24) is 10.6 Å². The molecule has 0 spiro atoms. The van der Waals surface area contributed by atoms with Crippen LogP contribution in [0.3, 0.4) is 0 Å². The van der Waals surface area contributed by atoms with Gasteiger partial charge in [-0.05, 0) is 24.3 Å². The van der Waals surface area contributed by atoms with Crippen molar-refractivity contribution in [1.29, 1.82) is 0 Å². The minimum absolute atomic E-state index is 0.609. The number of nitrogens with one attached hydrogen (secondary N) is 2. The molecule has 2 aromatic heterocycles. The van der Waals surface area contributed by atoms with Gasteiger partial charge in [0.05, 0.1) is 23.7 Å². The SMILES string of the molecule is CN=C(NCc1ccco1)NCc1ccc(Cl)s1. The van der Waals surface area contributed by atoms with Crippen molar-refractivity contribution in [2.45, 2.75) is 13.1 Å². The second kappa shape index (κ2) is 6.47. The molecule has 0 aliphatic rings. The molecular weight excluding hydrogens is 270 g/mol. The van der Waals surface area contributed by atoms with Gasteiger partial charge >= 0.3 is 0 Å². The number of hydrogen-bond donors (Lipinski definition) is 2. The summed E-state index contributed by atoms with van der Waals surface area (Å²) in [6.45, 7) is 1.31. The van der Waals surface area contributed by atoms with Crippen LogP contribution in [0.1, 0.15) is 10.6 Å². The Hall–Kier alpha value is -1.46. The molecule has 2 heterocycles.